The van der Waals surface area contributed by atoms with Crippen molar-refractivity contribution < 1.29 is 4.79 Å². The number of H-pyrrole nitrogens is 1. The Morgan fingerprint density at radius 2 is 1.52 bits per heavy atom. The summed E-state index contributed by atoms with van der Waals surface area (Å²) in [5, 5.41) is 0.780. The highest BCUT2D eigenvalue weighted by molar-refractivity contribution is 7.99. The monoisotopic (exact) mass is 401 g/mol. The van der Waals surface area contributed by atoms with Gasteiger partial charge in [0.2, 0.25) is 5.91 Å². The van der Waals surface area contributed by atoms with Crippen molar-refractivity contribution in [3.63, 3.8) is 0 Å². The SMILES string of the molecule is O=C(CSc1nc2ccccc2[nH]1)N(CCc1ccccc1)Cc1ccccc1. The maximum absolute atomic E-state index is 13.0. The highest BCUT2D eigenvalue weighted by Gasteiger charge is 2.15. The van der Waals surface area contributed by atoms with Crippen LogP contribution in [0.15, 0.2) is 90.1 Å². The number of carbonyl (C=O) groups excluding carboxylic acids is 1. The number of fused-ring (bicyclic) bond motifs is 1. The van der Waals surface area contributed by atoms with E-state index in [1.807, 2.05) is 65.6 Å². The first-order valence-electron chi connectivity index (χ1n) is 9.71. The molecule has 1 N–H and O–H groups in total. The number of hydrogen-bond acceptors (Lipinski definition) is 3. The molecule has 1 amide bonds. The van der Waals surface area contributed by atoms with Crippen LogP contribution < -0.4 is 0 Å². The van der Waals surface area contributed by atoms with Crippen molar-refractivity contribution in [3.8, 4) is 0 Å². The second-order valence-electron chi connectivity index (χ2n) is 6.88. The average Bonchev–Trinajstić information content (AvgIpc) is 3.19. The first-order valence-corrected chi connectivity index (χ1v) is 10.7. The second kappa shape index (κ2) is 9.43. The number of thioether (sulfide) groups is 1. The van der Waals surface area contributed by atoms with Gasteiger partial charge in [0.1, 0.15) is 0 Å². The summed E-state index contributed by atoms with van der Waals surface area (Å²) in [5.74, 6) is 0.483. The minimum Gasteiger partial charge on any atom is -0.337 e. The molecule has 4 nitrogen and oxygen atoms in total. The Balaban J connectivity index is 1.42. The number of aromatic nitrogens is 2. The van der Waals surface area contributed by atoms with Crippen molar-refractivity contribution in [2.75, 3.05) is 12.3 Å². The van der Waals surface area contributed by atoms with Crippen molar-refractivity contribution in [2.45, 2.75) is 18.1 Å². The molecular weight excluding hydrogens is 378 g/mol. The normalized spacial score (nSPS) is 10.9. The lowest BCUT2D eigenvalue weighted by Crippen LogP contribution is -2.33. The van der Waals surface area contributed by atoms with Crippen LogP contribution in [0.25, 0.3) is 11.0 Å². The van der Waals surface area contributed by atoms with Gasteiger partial charge in [-0.25, -0.2) is 4.98 Å². The summed E-state index contributed by atoms with van der Waals surface area (Å²) in [6.07, 6.45) is 0.842. The van der Waals surface area contributed by atoms with Crippen LogP contribution in [-0.4, -0.2) is 33.1 Å². The van der Waals surface area contributed by atoms with Crippen LogP contribution in [0, 0.1) is 0 Å². The fourth-order valence-corrected chi connectivity index (χ4v) is 4.01. The molecule has 5 heteroatoms. The molecule has 3 aromatic carbocycles. The molecule has 0 unspecified atom stereocenters. The molecule has 0 aliphatic carbocycles. The summed E-state index contributed by atoms with van der Waals surface area (Å²) < 4.78 is 0. The maximum atomic E-state index is 13.0. The molecule has 0 bridgehead atoms. The van der Waals surface area contributed by atoms with Gasteiger partial charge in [0.15, 0.2) is 5.16 Å². The third kappa shape index (κ3) is 5.27. The molecule has 29 heavy (non-hydrogen) atoms. The lowest BCUT2D eigenvalue weighted by atomic mass is 10.1. The lowest BCUT2D eigenvalue weighted by molar-refractivity contribution is -0.128. The fraction of sp³-hybridized carbons (Fsp3) is 0.167. The zero-order valence-corrected chi connectivity index (χ0v) is 16.9. The number of hydrogen-bond donors (Lipinski definition) is 1. The van der Waals surface area contributed by atoms with Crippen LogP contribution >= 0.6 is 11.8 Å². The Morgan fingerprint density at radius 1 is 0.862 bits per heavy atom. The number of aromatic amines is 1. The number of nitrogens with one attached hydrogen (secondary N) is 1. The Morgan fingerprint density at radius 3 is 2.24 bits per heavy atom. The summed E-state index contributed by atoms with van der Waals surface area (Å²) in [4.78, 5) is 22.8. The highest BCUT2D eigenvalue weighted by Crippen LogP contribution is 2.20. The molecule has 0 saturated heterocycles. The highest BCUT2D eigenvalue weighted by atomic mass is 32.2. The fourth-order valence-electron chi connectivity index (χ4n) is 3.22. The maximum Gasteiger partial charge on any atom is 0.233 e. The summed E-state index contributed by atoms with van der Waals surface area (Å²) in [6, 6.07) is 28.4. The van der Waals surface area contributed by atoms with E-state index >= 15 is 0 Å². The van der Waals surface area contributed by atoms with Crippen molar-refractivity contribution in [2.24, 2.45) is 0 Å². The number of nitrogens with zero attached hydrogens (tertiary/aromatic N) is 2. The van der Waals surface area contributed by atoms with Crippen LogP contribution in [0.4, 0.5) is 0 Å². The molecule has 4 rings (SSSR count). The molecule has 0 spiro atoms. The van der Waals surface area contributed by atoms with E-state index in [0.29, 0.717) is 18.8 Å². The van der Waals surface area contributed by atoms with Crippen molar-refractivity contribution in [1.82, 2.24) is 14.9 Å². The summed E-state index contributed by atoms with van der Waals surface area (Å²) in [7, 11) is 0. The van der Waals surface area contributed by atoms with Crippen LogP contribution in [0.5, 0.6) is 0 Å². The number of amides is 1. The first-order chi connectivity index (χ1) is 14.3. The standard InChI is InChI=1S/C24H23N3OS/c28-23(18-29-24-25-21-13-7-8-14-22(21)26-24)27(17-20-11-5-2-6-12-20)16-15-19-9-3-1-4-10-19/h1-14H,15-18H2,(H,25,26). The molecule has 0 saturated carbocycles. The van der Waals surface area contributed by atoms with E-state index in [0.717, 1.165) is 28.2 Å². The second-order valence-corrected chi connectivity index (χ2v) is 7.85. The average molecular weight is 402 g/mol. The van der Waals surface area contributed by atoms with E-state index < -0.39 is 0 Å². The molecule has 0 atom stereocenters. The molecule has 0 radical (unpaired) electrons. The van der Waals surface area contributed by atoms with Gasteiger partial charge >= 0.3 is 0 Å². The summed E-state index contributed by atoms with van der Waals surface area (Å²) in [5.41, 5.74) is 4.30. The lowest BCUT2D eigenvalue weighted by Gasteiger charge is -2.23. The van der Waals surface area contributed by atoms with Gasteiger partial charge in [-0.15, -0.1) is 0 Å². The quantitative estimate of drug-likeness (QED) is 0.426. The van der Waals surface area contributed by atoms with Gasteiger partial charge in [-0.1, -0.05) is 84.6 Å². The van der Waals surface area contributed by atoms with Crippen LogP contribution in [0.3, 0.4) is 0 Å². The Kier molecular flexibility index (Phi) is 6.27. The van der Waals surface area contributed by atoms with E-state index in [9.17, 15) is 4.79 Å². The van der Waals surface area contributed by atoms with Crippen LogP contribution in [-0.2, 0) is 17.8 Å². The van der Waals surface area contributed by atoms with Crippen molar-refractivity contribution in [1.29, 1.82) is 0 Å². The summed E-state index contributed by atoms with van der Waals surface area (Å²) in [6.45, 7) is 1.31. The zero-order valence-electron chi connectivity index (χ0n) is 16.1. The van der Waals surface area contributed by atoms with E-state index in [-0.39, 0.29) is 5.91 Å². The molecule has 0 fully saturated rings. The minimum absolute atomic E-state index is 0.121. The van der Waals surface area contributed by atoms with Gasteiger partial charge in [0, 0.05) is 13.1 Å². The molecule has 0 aliphatic heterocycles. The number of benzene rings is 3. The zero-order chi connectivity index (χ0) is 19.9. The van der Waals surface area contributed by atoms with E-state index in [1.54, 1.807) is 0 Å². The van der Waals surface area contributed by atoms with Gasteiger partial charge in [0.05, 0.1) is 16.8 Å². The van der Waals surface area contributed by atoms with Crippen molar-refractivity contribution in [3.05, 3.63) is 96.1 Å². The van der Waals surface area contributed by atoms with Gasteiger partial charge in [0.25, 0.3) is 0 Å². The van der Waals surface area contributed by atoms with E-state index in [4.69, 9.17) is 0 Å². The molecular formula is C24H23N3OS. The largest absolute Gasteiger partial charge is 0.337 e. The van der Waals surface area contributed by atoms with Gasteiger partial charge in [-0.3, -0.25) is 4.79 Å². The van der Waals surface area contributed by atoms with Gasteiger partial charge < -0.3 is 9.88 Å². The third-order valence-electron chi connectivity index (χ3n) is 4.78. The third-order valence-corrected chi connectivity index (χ3v) is 5.64. The Labute approximate surface area is 175 Å². The molecule has 0 aliphatic rings. The number of para-hydroxylation sites is 2. The predicted octanol–water partition coefficient (Wildman–Crippen LogP) is 4.93. The van der Waals surface area contributed by atoms with E-state index in [2.05, 4.69) is 34.2 Å². The number of imidazole rings is 1. The molecule has 1 aromatic heterocycles. The Hall–Kier alpha value is -3.05. The number of carbonyl (C=O) groups is 1. The van der Waals surface area contributed by atoms with Crippen LogP contribution in [0.2, 0.25) is 0 Å². The van der Waals surface area contributed by atoms with Crippen LogP contribution in [0.1, 0.15) is 11.1 Å². The minimum atomic E-state index is 0.121. The molecule has 4 aromatic rings. The first kappa shape index (κ1) is 19.3. The predicted molar refractivity (Wildman–Crippen MR) is 119 cm³/mol. The van der Waals surface area contributed by atoms with E-state index in [1.165, 1.54) is 17.3 Å². The van der Waals surface area contributed by atoms with Gasteiger partial charge in [-0.2, -0.15) is 0 Å². The number of rotatable bonds is 8. The molecule has 1 heterocycles. The topological polar surface area (TPSA) is 49.0 Å². The smallest absolute Gasteiger partial charge is 0.233 e. The van der Waals surface area contributed by atoms with Gasteiger partial charge in [-0.05, 0) is 29.7 Å². The summed E-state index contributed by atoms with van der Waals surface area (Å²) >= 11 is 1.46. The van der Waals surface area contributed by atoms with Crippen molar-refractivity contribution >= 4 is 28.7 Å². The Bertz CT molecular complexity index is 1030. The molecule has 146 valence electrons.